The van der Waals surface area contributed by atoms with E-state index in [2.05, 4.69) is 15.3 Å². The Kier molecular flexibility index (Phi) is 2.80. The molecule has 1 N–H and O–H groups in total. The molecule has 6 heteroatoms. The van der Waals surface area contributed by atoms with Crippen molar-refractivity contribution < 1.29 is 4.79 Å². The van der Waals surface area contributed by atoms with Crippen molar-refractivity contribution in [2.75, 3.05) is 16.8 Å². The molecule has 0 saturated carbocycles. The van der Waals surface area contributed by atoms with Crippen LogP contribution >= 0.6 is 0 Å². The van der Waals surface area contributed by atoms with Crippen LogP contribution in [0.5, 0.6) is 0 Å². The molecule has 1 aliphatic heterocycles. The number of nitrogens with zero attached hydrogens (tertiary/aromatic N) is 4. The second-order valence-electron chi connectivity index (χ2n) is 4.46. The maximum absolute atomic E-state index is 11.8. The minimum absolute atomic E-state index is 0.130. The highest BCUT2D eigenvalue weighted by molar-refractivity contribution is 6.02. The van der Waals surface area contributed by atoms with E-state index in [1.165, 1.54) is 0 Å². The lowest BCUT2D eigenvalue weighted by atomic mass is 10.2. The van der Waals surface area contributed by atoms with E-state index in [4.69, 9.17) is 5.26 Å². The van der Waals surface area contributed by atoms with Crippen LogP contribution in [-0.2, 0) is 4.79 Å². The van der Waals surface area contributed by atoms with Crippen molar-refractivity contribution in [2.45, 2.75) is 6.92 Å². The van der Waals surface area contributed by atoms with E-state index in [-0.39, 0.29) is 18.1 Å². The molecule has 98 valence electrons. The fourth-order valence-corrected chi connectivity index (χ4v) is 2.14. The quantitative estimate of drug-likeness (QED) is 0.849. The highest BCUT2D eigenvalue weighted by Crippen LogP contribution is 2.32. The molecule has 20 heavy (non-hydrogen) atoms. The van der Waals surface area contributed by atoms with Crippen LogP contribution < -0.4 is 10.2 Å². The molecule has 0 unspecified atom stereocenters. The number of para-hydroxylation sites is 2. The average molecular weight is 265 g/mol. The summed E-state index contributed by atoms with van der Waals surface area (Å²) >= 11 is 0. The number of amides is 1. The fourth-order valence-electron chi connectivity index (χ4n) is 2.14. The van der Waals surface area contributed by atoms with Crippen LogP contribution in [0.4, 0.5) is 17.3 Å². The number of hydrogen-bond acceptors (Lipinski definition) is 5. The molecule has 0 fully saturated rings. The minimum atomic E-state index is -0.132. The highest BCUT2D eigenvalue weighted by atomic mass is 16.2. The number of aryl methyl sites for hydroxylation is 1. The van der Waals surface area contributed by atoms with Crippen molar-refractivity contribution in [1.29, 1.82) is 5.26 Å². The first-order chi connectivity index (χ1) is 9.67. The van der Waals surface area contributed by atoms with Gasteiger partial charge in [-0.1, -0.05) is 12.1 Å². The van der Waals surface area contributed by atoms with Crippen LogP contribution in [0.25, 0.3) is 0 Å². The number of nitrogens with one attached hydrogen (secondary N) is 1. The average Bonchev–Trinajstić information content (AvgIpc) is 2.45. The highest BCUT2D eigenvalue weighted by Gasteiger charge is 2.24. The molecule has 1 aliphatic rings. The van der Waals surface area contributed by atoms with E-state index in [9.17, 15) is 4.79 Å². The predicted molar refractivity (Wildman–Crippen MR) is 73.6 cm³/mol. The summed E-state index contributed by atoms with van der Waals surface area (Å²) in [6.07, 6.45) is 0. The van der Waals surface area contributed by atoms with Gasteiger partial charge in [-0.15, -0.1) is 0 Å². The summed E-state index contributed by atoms with van der Waals surface area (Å²) in [7, 11) is 0. The van der Waals surface area contributed by atoms with Crippen LogP contribution in [0.15, 0.2) is 30.3 Å². The number of aromatic nitrogens is 2. The van der Waals surface area contributed by atoms with Gasteiger partial charge in [-0.2, -0.15) is 5.26 Å². The lowest BCUT2D eigenvalue weighted by Gasteiger charge is -2.29. The molecule has 2 heterocycles. The first-order valence-electron chi connectivity index (χ1n) is 6.09. The summed E-state index contributed by atoms with van der Waals surface area (Å²) < 4.78 is 0. The standard InChI is InChI=1S/C14H11N5O/c1-9-6-10(7-15)17-14(16-9)19-8-13(20)18-11-4-2-3-5-12(11)19/h2-6H,8H2,1H3,(H,18,20). The summed E-state index contributed by atoms with van der Waals surface area (Å²) in [5.41, 5.74) is 2.51. The molecule has 2 aromatic rings. The van der Waals surface area contributed by atoms with E-state index in [1.54, 1.807) is 17.9 Å². The third kappa shape index (κ3) is 2.06. The van der Waals surface area contributed by atoms with Crippen LogP contribution in [0.2, 0.25) is 0 Å². The zero-order valence-electron chi connectivity index (χ0n) is 10.8. The van der Waals surface area contributed by atoms with Crippen molar-refractivity contribution in [1.82, 2.24) is 9.97 Å². The van der Waals surface area contributed by atoms with Gasteiger partial charge in [-0.3, -0.25) is 9.69 Å². The Labute approximate surface area is 115 Å². The Balaban J connectivity index is 2.13. The summed E-state index contributed by atoms with van der Waals surface area (Å²) in [6.45, 7) is 1.92. The van der Waals surface area contributed by atoms with Gasteiger partial charge in [0.05, 0.1) is 11.4 Å². The maximum atomic E-state index is 11.8. The van der Waals surface area contributed by atoms with Gasteiger partial charge < -0.3 is 5.32 Å². The number of carbonyl (C=O) groups excluding carboxylic acids is 1. The lowest BCUT2D eigenvalue weighted by molar-refractivity contribution is -0.115. The Hall–Kier alpha value is -2.94. The smallest absolute Gasteiger partial charge is 0.244 e. The monoisotopic (exact) mass is 265 g/mol. The van der Waals surface area contributed by atoms with Crippen LogP contribution in [0.3, 0.4) is 0 Å². The largest absolute Gasteiger partial charge is 0.323 e. The lowest BCUT2D eigenvalue weighted by Crippen LogP contribution is -2.36. The van der Waals surface area contributed by atoms with Gasteiger partial charge in [0.15, 0.2) is 0 Å². The zero-order chi connectivity index (χ0) is 14.1. The van der Waals surface area contributed by atoms with E-state index in [0.29, 0.717) is 17.3 Å². The number of fused-ring (bicyclic) bond motifs is 1. The molecule has 3 rings (SSSR count). The molecule has 0 spiro atoms. The molecule has 0 bridgehead atoms. The molecule has 0 atom stereocenters. The number of carbonyl (C=O) groups is 1. The Morgan fingerprint density at radius 1 is 1.35 bits per heavy atom. The SMILES string of the molecule is Cc1cc(C#N)nc(N2CC(=O)Nc3ccccc32)n1. The third-order valence-corrected chi connectivity index (χ3v) is 2.97. The second kappa shape index (κ2) is 4.63. The zero-order valence-corrected chi connectivity index (χ0v) is 10.8. The first-order valence-corrected chi connectivity index (χ1v) is 6.09. The molecule has 0 saturated heterocycles. The van der Waals surface area contributed by atoms with Gasteiger partial charge in [0, 0.05) is 5.69 Å². The maximum Gasteiger partial charge on any atom is 0.244 e. The molecule has 1 aromatic carbocycles. The predicted octanol–water partition coefficient (Wildman–Crippen LogP) is 1.75. The van der Waals surface area contributed by atoms with E-state index in [1.807, 2.05) is 30.3 Å². The van der Waals surface area contributed by atoms with E-state index in [0.717, 1.165) is 5.69 Å². The van der Waals surface area contributed by atoms with Gasteiger partial charge in [0.2, 0.25) is 11.9 Å². The van der Waals surface area contributed by atoms with Crippen LogP contribution in [0, 0.1) is 18.3 Å². The summed E-state index contributed by atoms with van der Waals surface area (Å²) in [5, 5.41) is 11.8. The molecule has 0 aliphatic carbocycles. The van der Waals surface area contributed by atoms with Gasteiger partial charge in [-0.05, 0) is 25.1 Å². The topological polar surface area (TPSA) is 81.9 Å². The number of hydrogen-bond donors (Lipinski definition) is 1. The van der Waals surface area contributed by atoms with Gasteiger partial charge in [-0.25, -0.2) is 9.97 Å². The molecule has 6 nitrogen and oxygen atoms in total. The van der Waals surface area contributed by atoms with Crippen molar-refractivity contribution in [3.8, 4) is 6.07 Å². The third-order valence-electron chi connectivity index (χ3n) is 2.97. The van der Waals surface area contributed by atoms with Gasteiger partial charge >= 0.3 is 0 Å². The minimum Gasteiger partial charge on any atom is -0.323 e. The molecule has 1 aromatic heterocycles. The Morgan fingerprint density at radius 2 is 2.15 bits per heavy atom. The fraction of sp³-hybridized carbons (Fsp3) is 0.143. The first kappa shape index (κ1) is 12.1. The number of nitriles is 1. The van der Waals surface area contributed by atoms with Gasteiger partial charge in [0.1, 0.15) is 18.3 Å². The van der Waals surface area contributed by atoms with Gasteiger partial charge in [0.25, 0.3) is 0 Å². The Morgan fingerprint density at radius 3 is 2.95 bits per heavy atom. The molecule has 1 amide bonds. The van der Waals surface area contributed by atoms with Crippen molar-refractivity contribution in [3.05, 3.63) is 41.7 Å². The molecular weight excluding hydrogens is 254 g/mol. The summed E-state index contributed by atoms with van der Waals surface area (Å²) in [6, 6.07) is 11.0. The van der Waals surface area contributed by atoms with E-state index >= 15 is 0 Å². The summed E-state index contributed by atoms with van der Waals surface area (Å²) in [5.74, 6) is 0.233. The number of benzene rings is 1. The number of rotatable bonds is 1. The van der Waals surface area contributed by atoms with Crippen molar-refractivity contribution >= 4 is 23.2 Å². The number of anilines is 3. The van der Waals surface area contributed by atoms with Crippen LogP contribution in [-0.4, -0.2) is 22.4 Å². The Bertz CT molecular complexity index is 735. The second-order valence-corrected chi connectivity index (χ2v) is 4.46. The normalized spacial score (nSPS) is 13.4. The van der Waals surface area contributed by atoms with Crippen molar-refractivity contribution in [3.63, 3.8) is 0 Å². The van der Waals surface area contributed by atoms with Crippen LogP contribution in [0.1, 0.15) is 11.4 Å². The van der Waals surface area contributed by atoms with Crippen molar-refractivity contribution in [2.24, 2.45) is 0 Å². The summed E-state index contributed by atoms with van der Waals surface area (Å²) in [4.78, 5) is 22.0. The molecule has 0 radical (unpaired) electrons. The van der Waals surface area contributed by atoms with E-state index < -0.39 is 0 Å². The molecular formula is C14H11N5O.